The Morgan fingerprint density at radius 2 is 1.73 bits per heavy atom. The van der Waals surface area contributed by atoms with E-state index in [1.54, 1.807) is 27.7 Å². The van der Waals surface area contributed by atoms with Crippen LogP contribution in [0.1, 0.15) is 73.3 Å². The molecule has 2 amide bonds. The Kier molecular flexibility index (Phi) is 11.6. The van der Waals surface area contributed by atoms with E-state index < -0.39 is 37.9 Å². The molecule has 0 aliphatic carbocycles. The maximum absolute atomic E-state index is 12.6. The first kappa shape index (κ1) is 32.4. The van der Waals surface area contributed by atoms with Crippen molar-refractivity contribution in [3.05, 3.63) is 23.8 Å². The van der Waals surface area contributed by atoms with E-state index in [1.807, 2.05) is 18.2 Å². The lowest BCUT2D eigenvalue weighted by Gasteiger charge is -2.37. The van der Waals surface area contributed by atoms with Gasteiger partial charge in [0, 0.05) is 12.5 Å². The third-order valence-electron chi connectivity index (χ3n) is 6.36. The van der Waals surface area contributed by atoms with Crippen LogP contribution in [0.2, 0.25) is 18.1 Å². The maximum Gasteiger partial charge on any atom is 0.407 e. The van der Waals surface area contributed by atoms with Crippen LogP contribution >= 0.6 is 0 Å². The number of hydrogen-bond acceptors (Lipinski definition) is 6. The average Bonchev–Trinajstić information content (AvgIpc) is 2.71. The Balaban J connectivity index is 3.30. The number of anilines is 1. The van der Waals surface area contributed by atoms with Crippen LogP contribution in [0.3, 0.4) is 0 Å². The number of carboxylic acids is 1. The Hall–Kier alpha value is -2.59. The minimum Gasteiger partial charge on any atom is -0.542 e. The highest BCUT2D eigenvalue weighted by molar-refractivity contribution is 6.74. The fourth-order valence-corrected chi connectivity index (χ4v) is 4.31. The van der Waals surface area contributed by atoms with Crippen LogP contribution in [-0.4, -0.2) is 49.6 Å². The molecule has 0 heterocycles. The first-order chi connectivity index (χ1) is 16.8. The summed E-state index contributed by atoms with van der Waals surface area (Å²) in [4.78, 5) is 36.5. The van der Waals surface area contributed by atoms with Crippen molar-refractivity contribution in [3.8, 4) is 5.75 Å². The van der Waals surface area contributed by atoms with Gasteiger partial charge in [0.15, 0.2) is 0 Å². The topological polar surface area (TPSA) is 140 Å². The molecule has 210 valence electrons. The highest BCUT2D eigenvalue weighted by atomic mass is 28.4. The number of carboxylic acid groups (broad SMARTS) is 1. The molecule has 0 saturated carbocycles. The Labute approximate surface area is 223 Å². The van der Waals surface area contributed by atoms with E-state index in [2.05, 4.69) is 44.5 Å². The van der Waals surface area contributed by atoms with Gasteiger partial charge in [-0.1, -0.05) is 33.8 Å². The number of carbonyl (C=O) groups excluding carboxylic acids is 2. The number of nitrogens with two attached hydrogens (primary N) is 1. The number of benzene rings is 1. The highest BCUT2D eigenvalue weighted by Gasteiger charge is 2.39. The molecule has 0 aromatic heterocycles. The summed E-state index contributed by atoms with van der Waals surface area (Å²) in [5, 5.41) is 15.2. The summed E-state index contributed by atoms with van der Waals surface area (Å²) in [5.74, 6) is -1.18. The van der Waals surface area contributed by atoms with Crippen LogP contribution in [-0.2, 0) is 20.7 Å². The molecule has 0 saturated heterocycles. The average molecular weight is 538 g/mol. The van der Waals surface area contributed by atoms with Gasteiger partial charge in [-0.2, -0.15) is 0 Å². The van der Waals surface area contributed by atoms with Gasteiger partial charge in [0.2, 0.25) is 5.91 Å². The second-order valence-electron chi connectivity index (χ2n) is 12.2. The summed E-state index contributed by atoms with van der Waals surface area (Å²) in [6.45, 7) is 18.0. The van der Waals surface area contributed by atoms with Crippen molar-refractivity contribution in [2.75, 3.05) is 11.9 Å². The van der Waals surface area contributed by atoms with Crippen LogP contribution in [0.4, 0.5) is 10.5 Å². The second-order valence-corrected chi connectivity index (χ2v) is 16.9. The largest absolute Gasteiger partial charge is 0.542 e. The molecule has 9 nitrogen and oxygen atoms in total. The molecule has 5 N–H and O–H groups in total. The van der Waals surface area contributed by atoms with Crippen LogP contribution in [0.5, 0.6) is 5.75 Å². The molecule has 0 bridgehead atoms. The molecule has 0 radical (unpaired) electrons. The number of hydrogen-bond donors (Lipinski definition) is 4. The van der Waals surface area contributed by atoms with Crippen molar-refractivity contribution in [2.24, 2.45) is 11.7 Å². The van der Waals surface area contributed by atoms with Gasteiger partial charge in [-0.25, -0.2) is 4.79 Å². The number of rotatable bonds is 12. The van der Waals surface area contributed by atoms with Gasteiger partial charge in [-0.15, -0.1) is 0 Å². The van der Waals surface area contributed by atoms with E-state index in [-0.39, 0.29) is 17.4 Å². The van der Waals surface area contributed by atoms with Crippen molar-refractivity contribution in [2.45, 2.75) is 104 Å². The van der Waals surface area contributed by atoms with Gasteiger partial charge in [0.25, 0.3) is 8.32 Å². The monoisotopic (exact) mass is 537 g/mol. The van der Waals surface area contributed by atoms with Gasteiger partial charge in [-0.3, -0.25) is 9.59 Å². The first-order valence-electron chi connectivity index (χ1n) is 12.9. The predicted octanol–water partition coefficient (Wildman–Crippen LogP) is 5.29. The molecular formula is C27H47N3O6Si. The van der Waals surface area contributed by atoms with Gasteiger partial charge >= 0.3 is 12.1 Å². The Morgan fingerprint density at radius 1 is 1.11 bits per heavy atom. The number of ether oxygens (including phenoxy) is 1. The quantitative estimate of drug-likeness (QED) is 0.265. The molecule has 1 aromatic carbocycles. The molecule has 0 fully saturated rings. The zero-order chi connectivity index (χ0) is 28.6. The SMILES string of the molecule is CC(CC(Cc1ccc(O[Si](C)(C)C(C)(C)C)c(NC(=O)CCCN)c1)NC(=O)OC(C)(C)C)C(=O)O. The van der Waals surface area contributed by atoms with Crippen LogP contribution in [0.25, 0.3) is 0 Å². The molecule has 0 aliphatic rings. The van der Waals surface area contributed by atoms with E-state index in [0.29, 0.717) is 37.2 Å². The molecule has 37 heavy (non-hydrogen) atoms. The molecule has 10 heteroatoms. The molecule has 2 atom stereocenters. The van der Waals surface area contributed by atoms with Crippen LogP contribution in [0, 0.1) is 5.92 Å². The van der Waals surface area contributed by atoms with E-state index in [1.165, 1.54) is 0 Å². The molecule has 1 aromatic rings. The zero-order valence-corrected chi connectivity index (χ0v) is 25.0. The Morgan fingerprint density at radius 3 is 2.24 bits per heavy atom. The standard InChI is InChI=1S/C27H47N3O6Si/c1-18(24(32)33)15-20(29-25(34)35-26(2,3)4)16-19-12-13-22(36-37(8,9)27(5,6)7)21(17-19)30-23(31)11-10-14-28/h12-13,17-18,20H,10-11,14-16,28H2,1-9H3,(H,29,34)(H,30,31)(H,32,33). The molecule has 0 aliphatic heterocycles. The summed E-state index contributed by atoms with van der Waals surface area (Å²) < 4.78 is 11.9. The minimum atomic E-state index is -2.19. The normalized spacial score (nSPS) is 13.9. The van der Waals surface area contributed by atoms with Crippen LogP contribution < -0.4 is 20.8 Å². The predicted molar refractivity (Wildman–Crippen MR) is 149 cm³/mol. The molecule has 1 rings (SSSR count). The number of alkyl carbamates (subject to hydrolysis) is 1. The van der Waals surface area contributed by atoms with Crippen molar-refractivity contribution in [1.82, 2.24) is 5.32 Å². The first-order valence-corrected chi connectivity index (χ1v) is 15.8. The molecule has 0 spiro atoms. The summed E-state index contributed by atoms with van der Waals surface area (Å²) in [5.41, 5.74) is 6.24. The van der Waals surface area contributed by atoms with Crippen molar-refractivity contribution in [3.63, 3.8) is 0 Å². The zero-order valence-electron chi connectivity index (χ0n) is 24.0. The van der Waals surface area contributed by atoms with Crippen molar-refractivity contribution < 1.29 is 28.7 Å². The van der Waals surface area contributed by atoms with Crippen molar-refractivity contribution >= 4 is 32.0 Å². The fourth-order valence-electron chi connectivity index (χ4n) is 3.27. The lowest BCUT2D eigenvalue weighted by molar-refractivity contribution is -0.141. The van der Waals surface area contributed by atoms with Gasteiger partial charge in [0.05, 0.1) is 11.6 Å². The minimum absolute atomic E-state index is 0.0398. The van der Waals surface area contributed by atoms with E-state index in [4.69, 9.17) is 14.9 Å². The van der Waals surface area contributed by atoms with Crippen molar-refractivity contribution in [1.29, 1.82) is 0 Å². The lowest BCUT2D eigenvalue weighted by Crippen LogP contribution is -2.44. The van der Waals surface area contributed by atoms with E-state index in [9.17, 15) is 19.5 Å². The van der Waals surface area contributed by atoms with Gasteiger partial charge in [-0.05, 0) is 82.4 Å². The second kappa shape index (κ2) is 13.3. The van der Waals surface area contributed by atoms with Gasteiger partial charge in [0.1, 0.15) is 11.4 Å². The lowest BCUT2D eigenvalue weighted by atomic mass is 9.96. The summed E-state index contributed by atoms with van der Waals surface area (Å²) in [6, 6.07) is 5.05. The van der Waals surface area contributed by atoms with Gasteiger partial charge < -0.3 is 30.6 Å². The summed E-state index contributed by atoms with van der Waals surface area (Å²) >= 11 is 0. The van der Waals surface area contributed by atoms with E-state index in [0.717, 1.165) is 5.56 Å². The molecular weight excluding hydrogens is 490 g/mol. The highest BCUT2D eigenvalue weighted by Crippen LogP contribution is 2.39. The smallest absolute Gasteiger partial charge is 0.407 e. The number of nitrogens with one attached hydrogen (secondary N) is 2. The number of aliphatic carboxylic acids is 1. The summed E-state index contributed by atoms with van der Waals surface area (Å²) in [7, 11) is -2.19. The number of amides is 2. The number of carbonyl (C=O) groups is 3. The fraction of sp³-hybridized carbons (Fsp3) is 0.667. The summed E-state index contributed by atoms with van der Waals surface area (Å²) in [6.07, 6.45) is 0.819. The molecule has 2 unspecified atom stereocenters. The third-order valence-corrected chi connectivity index (χ3v) is 10.7. The third kappa shape index (κ3) is 11.6. The Bertz CT molecular complexity index is 937. The van der Waals surface area contributed by atoms with E-state index >= 15 is 0 Å². The maximum atomic E-state index is 12.6. The van der Waals surface area contributed by atoms with Crippen LogP contribution in [0.15, 0.2) is 18.2 Å².